The van der Waals surface area contributed by atoms with E-state index in [4.69, 9.17) is 14.2 Å². The number of ether oxygens (including phenoxy) is 3. The Morgan fingerprint density at radius 1 is 1.16 bits per heavy atom. The topological polar surface area (TPSA) is 72.1 Å². The molecule has 0 radical (unpaired) electrons. The maximum Gasteiger partial charge on any atom is 0.321 e. The number of hydrogen-bond donors (Lipinski definition) is 2. The number of hydrogen-bond acceptors (Lipinski definition) is 5. The zero-order valence-corrected chi connectivity index (χ0v) is 18.4. The van der Waals surface area contributed by atoms with E-state index in [1.54, 1.807) is 12.0 Å². The van der Waals surface area contributed by atoms with Crippen LogP contribution in [0, 0.1) is 5.82 Å². The Hall–Kier alpha value is -2.68. The lowest BCUT2D eigenvalue weighted by Gasteiger charge is -2.36. The normalized spacial score (nSPS) is 18.2. The zero-order chi connectivity index (χ0) is 22.4. The largest absolute Gasteiger partial charge is 0.489 e. The van der Waals surface area contributed by atoms with Gasteiger partial charge in [0.2, 0.25) is 0 Å². The number of nitrogens with zero attached hydrogens (tertiary/aromatic N) is 1. The van der Waals surface area contributed by atoms with Crippen molar-refractivity contribution < 1.29 is 23.4 Å². The first-order valence-corrected chi connectivity index (χ1v) is 11.0. The predicted molar refractivity (Wildman–Crippen MR) is 119 cm³/mol. The molecule has 2 fully saturated rings. The Morgan fingerprint density at radius 2 is 1.88 bits per heavy atom. The number of benzene rings is 2. The molecule has 32 heavy (non-hydrogen) atoms. The van der Waals surface area contributed by atoms with Crippen molar-refractivity contribution >= 4 is 11.7 Å². The van der Waals surface area contributed by atoms with Gasteiger partial charge in [-0.3, -0.25) is 0 Å². The van der Waals surface area contributed by atoms with Crippen molar-refractivity contribution in [2.75, 3.05) is 51.8 Å². The van der Waals surface area contributed by atoms with Crippen LogP contribution in [0.2, 0.25) is 0 Å². The van der Waals surface area contributed by atoms with Gasteiger partial charge in [0.15, 0.2) is 0 Å². The van der Waals surface area contributed by atoms with Gasteiger partial charge >= 0.3 is 6.03 Å². The van der Waals surface area contributed by atoms with Crippen molar-refractivity contribution in [2.45, 2.75) is 25.0 Å². The Bertz CT molecular complexity index is 910. The first-order valence-electron chi connectivity index (χ1n) is 11.0. The summed E-state index contributed by atoms with van der Waals surface area (Å²) in [7, 11) is 1.65. The summed E-state index contributed by atoms with van der Waals surface area (Å²) in [5.74, 6) is 0.102. The molecule has 2 heterocycles. The molecule has 2 amide bonds. The molecule has 0 aliphatic carbocycles. The monoisotopic (exact) mass is 443 g/mol. The van der Waals surface area contributed by atoms with Crippen LogP contribution in [0.15, 0.2) is 42.5 Å². The van der Waals surface area contributed by atoms with Crippen LogP contribution in [-0.4, -0.2) is 57.4 Å². The van der Waals surface area contributed by atoms with Gasteiger partial charge in [-0.1, -0.05) is 12.1 Å². The number of methoxy groups -OCH3 is 1. The molecule has 0 spiro atoms. The summed E-state index contributed by atoms with van der Waals surface area (Å²) in [6, 6.07) is 12.1. The summed E-state index contributed by atoms with van der Waals surface area (Å²) in [6.07, 6.45) is 1.35. The number of carbonyl (C=O) groups is 1. The lowest BCUT2D eigenvalue weighted by Crippen LogP contribution is -2.48. The van der Waals surface area contributed by atoms with Gasteiger partial charge in [-0.15, -0.1) is 0 Å². The maximum atomic E-state index is 14.3. The molecule has 0 saturated carbocycles. The molecule has 4 rings (SSSR count). The molecule has 2 saturated heterocycles. The molecular weight excluding hydrogens is 413 g/mol. The van der Waals surface area contributed by atoms with Gasteiger partial charge in [-0.2, -0.15) is 0 Å². The number of nitrogens with one attached hydrogen (secondary N) is 2. The highest BCUT2D eigenvalue weighted by Crippen LogP contribution is 2.37. The predicted octanol–water partition coefficient (Wildman–Crippen LogP) is 3.49. The van der Waals surface area contributed by atoms with Crippen molar-refractivity contribution in [2.24, 2.45) is 0 Å². The fourth-order valence-corrected chi connectivity index (χ4v) is 4.14. The summed E-state index contributed by atoms with van der Waals surface area (Å²) in [4.78, 5) is 14.1. The maximum absolute atomic E-state index is 14.3. The minimum atomic E-state index is -0.553. The third-order valence-corrected chi connectivity index (χ3v) is 6.10. The number of anilines is 1. The molecule has 0 aromatic heterocycles. The molecule has 0 atom stereocenters. The highest BCUT2D eigenvalue weighted by atomic mass is 19.1. The van der Waals surface area contributed by atoms with Crippen molar-refractivity contribution in [1.29, 1.82) is 0 Å². The second-order valence-electron chi connectivity index (χ2n) is 8.14. The molecule has 0 bridgehead atoms. The van der Waals surface area contributed by atoms with Crippen LogP contribution < -0.4 is 15.4 Å². The van der Waals surface area contributed by atoms with E-state index in [-0.39, 0.29) is 18.5 Å². The third-order valence-electron chi connectivity index (χ3n) is 6.10. The third kappa shape index (κ3) is 5.38. The van der Waals surface area contributed by atoms with Gasteiger partial charge in [0.05, 0.1) is 5.60 Å². The Kier molecular flexibility index (Phi) is 7.24. The van der Waals surface area contributed by atoms with E-state index in [1.807, 2.05) is 30.3 Å². The fourth-order valence-electron chi connectivity index (χ4n) is 4.14. The molecule has 7 nitrogen and oxygen atoms in total. The average molecular weight is 444 g/mol. The zero-order valence-electron chi connectivity index (χ0n) is 18.4. The number of rotatable bonds is 6. The number of urea groups is 1. The second kappa shape index (κ2) is 10.3. The van der Waals surface area contributed by atoms with E-state index in [9.17, 15) is 9.18 Å². The minimum absolute atomic E-state index is 0.0945. The average Bonchev–Trinajstić information content (AvgIpc) is 2.84. The number of piperazine rings is 1. The summed E-state index contributed by atoms with van der Waals surface area (Å²) < 4.78 is 31.4. The van der Waals surface area contributed by atoms with Gasteiger partial charge in [0.1, 0.15) is 18.2 Å². The van der Waals surface area contributed by atoms with E-state index in [2.05, 4.69) is 10.6 Å². The Morgan fingerprint density at radius 3 is 2.56 bits per heavy atom. The number of carbonyl (C=O) groups excluding carboxylic acids is 1. The summed E-state index contributed by atoms with van der Waals surface area (Å²) in [6.45, 7) is 4.47. The van der Waals surface area contributed by atoms with Crippen LogP contribution in [0.3, 0.4) is 0 Å². The molecule has 2 aliphatic rings. The van der Waals surface area contributed by atoms with E-state index < -0.39 is 5.60 Å². The molecule has 2 aromatic rings. The van der Waals surface area contributed by atoms with Crippen molar-refractivity contribution in [3.05, 3.63) is 59.4 Å². The van der Waals surface area contributed by atoms with Crippen LogP contribution >= 0.6 is 0 Å². The highest BCUT2D eigenvalue weighted by Gasteiger charge is 2.35. The Balaban J connectivity index is 1.37. The van der Waals surface area contributed by atoms with Gasteiger partial charge < -0.3 is 29.7 Å². The van der Waals surface area contributed by atoms with E-state index in [0.29, 0.717) is 44.9 Å². The molecule has 0 unspecified atom stereocenters. The van der Waals surface area contributed by atoms with Crippen molar-refractivity contribution in [3.63, 3.8) is 0 Å². The smallest absolute Gasteiger partial charge is 0.321 e. The number of amides is 2. The molecule has 8 heteroatoms. The lowest BCUT2D eigenvalue weighted by molar-refractivity contribution is -0.0950. The highest BCUT2D eigenvalue weighted by molar-refractivity contribution is 5.89. The standard InChI is InChI=1S/C24H30FN3O4/c1-30-24(6-12-31-13-7-24)19-14-20(25)16-22(15-19)32-17-18-2-4-21(5-3-18)27-23(29)28-10-8-26-9-11-28/h2-5,14-16,26H,6-13,17H2,1H3,(H,27,29). The van der Waals surface area contributed by atoms with E-state index in [1.165, 1.54) is 12.1 Å². The van der Waals surface area contributed by atoms with Crippen LogP contribution in [0.1, 0.15) is 24.0 Å². The summed E-state index contributed by atoms with van der Waals surface area (Å²) in [5.41, 5.74) is 1.86. The number of halogens is 1. The van der Waals surface area contributed by atoms with Gasteiger partial charge in [-0.05, 0) is 35.4 Å². The molecule has 172 valence electrons. The lowest BCUT2D eigenvalue weighted by atomic mass is 9.86. The molecule has 2 N–H and O–H groups in total. The first kappa shape index (κ1) is 22.5. The summed E-state index contributed by atoms with van der Waals surface area (Å²) >= 11 is 0. The Labute approximate surface area is 187 Å². The van der Waals surface area contributed by atoms with Gasteiger partial charge in [-0.25, -0.2) is 9.18 Å². The van der Waals surface area contributed by atoms with Crippen molar-refractivity contribution in [3.8, 4) is 5.75 Å². The SMILES string of the molecule is COC1(c2cc(F)cc(OCc3ccc(NC(=O)N4CCNCC4)cc3)c2)CCOCC1. The van der Waals surface area contributed by atoms with Crippen LogP contribution in [0.4, 0.5) is 14.9 Å². The van der Waals surface area contributed by atoms with Crippen LogP contribution in [0.25, 0.3) is 0 Å². The summed E-state index contributed by atoms with van der Waals surface area (Å²) in [5, 5.41) is 6.15. The van der Waals surface area contributed by atoms with Crippen LogP contribution in [0.5, 0.6) is 5.75 Å². The molecule has 2 aromatic carbocycles. The van der Waals surface area contributed by atoms with E-state index >= 15 is 0 Å². The van der Waals surface area contributed by atoms with Crippen molar-refractivity contribution in [1.82, 2.24) is 10.2 Å². The quantitative estimate of drug-likeness (QED) is 0.715. The fraction of sp³-hybridized carbons (Fsp3) is 0.458. The van der Waals surface area contributed by atoms with E-state index in [0.717, 1.165) is 29.9 Å². The molecular formula is C24H30FN3O4. The first-order chi connectivity index (χ1) is 15.6. The molecule has 2 aliphatic heterocycles. The second-order valence-corrected chi connectivity index (χ2v) is 8.14. The van der Waals surface area contributed by atoms with Gasteiger partial charge in [0.25, 0.3) is 0 Å². The van der Waals surface area contributed by atoms with Crippen LogP contribution in [-0.2, 0) is 21.7 Å². The van der Waals surface area contributed by atoms with Gasteiger partial charge in [0, 0.05) is 71.1 Å². The minimum Gasteiger partial charge on any atom is -0.489 e.